The lowest BCUT2D eigenvalue weighted by molar-refractivity contribution is -0.138. The monoisotopic (exact) mass is 271 g/mol. The molecule has 0 bridgehead atoms. The molecule has 1 fully saturated rings. The highest BCUT2D eigenvalue weighted by atomic mass is 16.5. The Morgan fingerprint density at radius 2 is 2.00 bits per heavy atom. The second-order valence-corrected chi connectivity index (χ2v) is 5.48. The molecule has 4 heteroatoms. The minimum atomic E-state index is -0.443. The molecular formula is C15H29NO3. The Bertz CT molecular complexity index is 252. The van der Waals surface area contributed by atoms with Gasteiger partial charge in [0.15, 0.2) is 0 Å². The number of hydrogen-bond acceptors (Lipinski definition) is 3. The van der Waals surface area contributed by atoms with Crippen LogP contribution in [0.1, 0.15) is 65.2 Å². The summed E-state index contributed by atoms with van der Waals surface area (Å²) in [4.78, 5) is 12.0. The van der Waals surface area contributed by atoms with Gasteiger partial charge in [-0.25, -0.2) is 0 Å². The van der Waals surface area contributed by atoms with Crippen molar-refractivity contribution >= 4 is 5.91 Å². The van der Waals surface area contributed by atoms with E-state index in [9.17, 15) is 9.90 Å². The van der Waals surface area contributed by atoms with Crippen molar-refractivity contribution in [1.82, 2.24) is 5.32 Å². The molecule has 0 saturated heterocycles. The van der Waals surface area contributed by atoms with E-state index in [1.54, 1.807) is 0 Å². The first kappa shape index (κ1) is 16.4. The lowest BCUT2D eigenvalue weighted by Crippen LogP contribution is -2.41. The topological polar surface area (TPSA) is 58.6 Å². The first-order valence-electron chi connectivity index (χ1n) is 7.78. The predicted molar refractivity (Wildman–Crippen MR) is 76.0 cm³/mol. The van der Waals surface area contributed by atoms with Crippen LogP contribution in [-0.2, 0) is 9.53 Å². The Morgan fingerprint density at radius 1 is 1.32 bits per heavy atom. The Labute approximate surface area is 116 Å². The predicted octanol–water partition coefficient (Wildman–Crippen LogP) is 2.39. The van der Waals surface area contributed by atoms with Gasteiger partial charge in [0.05, 0.1) is 12.2 Å². The van der Waals surface area contributed by atoms with Crippen molar-refractivity contribution in [2.75, 3.05) is 6.54 Å². The molecule has 0 aromatic carbocycles. The van der Waals surface area contributed by atoms with Crippen LogP contribution in [0.2, 0.25) is 0 Å². The maximum atomic E-state index is 12.0. The SMILES string of the molecule is CCCC(O)CNC(=O)C(CC)OC1CCCCC1. The fourth-order valence-corrected chi connectivity index (χ4v) is 2.54. The van der Waals surface area contributed by atoms with Gasteiger partial charge in [-0.1, -0.05) is 39.5 Å². The molecule has 1 amide bonds. The van der Waals surface area contributed by atoms with Crippen molar-refractivity contribution < 1.29 is 14.6 Å². The third kappa shape index (κ3) is 6.39. The maximum absolute atomic E-state index is 12.0. The van der Waals surface area contributed by atoms with Gasteiger partial charge in [-0.2, -0.15) is 0 Å². The van der Waals surface area contributed by atoms with Gasteiger partial charge in [-0.15, -0.1) is 0 Å². The highest BCUT2D eigenvalue weighted by Crippen LogP contribution is 2.22. The van der Waals surface area contributed by atoms with Gasteiger partial charge in [0.2, 0.25) is 5.91 Å². The molecule has 0 aromatic heterocycles. The molecule has 2 unspecified atom stereocenters. The van der Waals surface area contributed by atoms with Crippen molar-refractivity contribution in [2.45, 2.75) is 83.5 Å². The molecule has 1 rings (SSSR count). The first-order valence-corrected chi connectivity index (χ1v) is 7.78. The summed E-state index contributed by atoms with van der Waals surface area (Å²) in [5, 5.41) is 12.4. The quantitative estimate of drug-likeness (QED) is 0.712. The number of aliphatic hydroxyl groups excluding tert-OH is 1. The van der Waals surface area contributed by atoms with Crippen LogP contribution in [0.15, 0.2) is 0 Å². The largest absolute Gasteiger partial charge is 0.391 e. The van der Waals surface area contributed by atoms with Gasteiger partial charge in [-0.05, 0) is 25.7 Å². The average Bonchev–Trinajstić information content (AvgIpc) is 2.43. The molecule has 19 heavy (non-hydrogen) atoms. The van der Waals surface area contributed by atoms with Gasteiger partial charge < -0.3 is 15.2 Å². The third-order valence-corrected chi connectivity index (χ3v) is 3.71. The lowest BCUT2D eigenvalue weighted by atomic mass is 9.97. The van der Waals surface area contributed by atoms with E-state index in [0.717, 1.165) is 25.7 Å². The number of rotatable bonds is 8. The van der Waals surface area contributed by atoms with Crippen LogP contribution in [0.3, 0.4) is 0 Å². The minimum absolute atomic E-state index is 0.0803. The van der Waals surface area contributed by atoms with Crippen molar-refractivity contribution in [2.24, 2.45) is 0 Å². The Morgan fingerprint density at radius 3 is 2.58 bits per heavy atom. The molecule has 0 spiro atoms. The van der Waals surface area contributed by atoms with Crippen molar-refractivity contribution in [3.63, 3.8) is 0 Å². The smallest absolute Gasteiger partial charge is 0.249 e. The average molecular weight is 271 g/mol. The van der Waals surface area contributed by atoms with E-state index in [2.05, 4.69) is 5.32 Å². The van der Waals surface area contributed by atoms with Crippen LogP contribution in [0.4, 0.5) is 0 Å². The van der Waals surface area contributed by atoms with Gasteiger partial charge in [0, 0.05) is 6.54 Å². The summed E-state index contributed by atoms with van der Waals surface area (Å²) >= 11 is 0. The van der Waals surface area contributed by atoms with E-state index in [4.69, 9.17) is 4.74 Å². The molecule has 0 aromatic rings. The van der Waals surface area contributed by atoms with Gasteiger partial charge in [0.1, 0.15) is 6.10 Å². The fourth-order valence-electron chi connectivity index (χ4n) is 2.54. The van der Waals surface area contributed by atoms with Crippen molar-refractivity contribution in [3.05, 3.63) is 0 Å². The van der Waals surface area contributed by atoms with E-state index in [-0.39, 0.29) is 18.1 Å². The number of ether oxygens (including phenoxy) is 1. The number of carbonyl (C=O) groups excluding carboxylic acids is 1. The summed E-state index contributed by atoms with van der Waals surface area (Å²) in [6.45, 7) is 4.32. The normalized spacial score (nSPS) is 19.9. The van der Waals surface area contributed by atoms with Crippen LogP contribution in [-0.4, -0.2) is 35.9 Å². The zero-order valence-corrected chi connectivity index (χ0v) is 12.4. The molecule has 1 aliphatic rings. The number of amides is 1. The molecule has 0 radical (unpaired) electrons. The Kier molecular flexibility index (Phi) is 8.07. The highest BCUT2D eigenvalue weighted by Gasteiger charge is 2.23. The van der Waals surface area contributed by atoms with Crippen LogP contribution < -0.4 is 5.32 Å². The molecule has 2 N–H and O–H groups in total. The van der Waals surface area contributed by atoms with Crippen LogP contribution in [0.5, 0.6) is 0 Å². The standard InChI is InChI=1S/C15H29NO3/c1-3-8-12(17)11-16-15(18)14(4-2)19-13-9-6-5-7-10-13/h12-14,17H,3-11H2,1-2H3,(H,16,18). The molecule has 1 saturated carbocycles. The van der Waals surface area contributed by atoms with Gasteiger partial charge >= 0.3 is 0 Å². The Balaban J connectivity index is 2.29. The van der Waals surface area contributed by atoms with Crippen molar-refractivity contribution in [1.29, 1.82) is 0 Å². The van der Waals surface area contributed by atoms with Crippen molar-refractivity contribution in [3.8, 4) is 0 Å². The highest BCUT2D eigenvalue weighted by molar-refractivity contribution is 5.80. The molecule has 4 nitrogen and oxygen atoms in total. The maximum Gasteiger partial charge on any atom is 0.249 e. The third-order valence-electron chi connectivity index (χ3n) is 3.71. The summed E-state index contributed by atoms with van der Waals surface area (Å²) in [5.74, 6) is -0.0803. The molecule has 2 atom stereocenters. The summed E-state index contributed by atoms with van der Waals surface area (Å²) in [6, 6.07) is 0. The van der Waals surface area contributed by atoms with E-state index in [0.29, 0.717) is 13.0 Å². The van der Waals surface area contributed by atoms with E-state index in [1.807, 2.05) is 13.8 Å². The molecule has 1 aliphatic carbocycles. The second-order valence-electron chi connectivity index (χ2n) is 5.48. The van der Waals surface area contributed by atoms with Crippen LogP contribution in [0, 0.1) is 0 Å². The zero-order chi connectivity index (χ0) is 14.1. The number of aliphatic hydroxyl groups is 1. The first-order chi connectivity index (χ1) is 9.17. The van der Waals surface area contributed by atoms with Crippen LogP contribution >= 0.6 is 0 Å². The number of hydrogen-bond donors (Lipinski definition) is 2. The molecule has 0 aliphatic heterocycles. The number of carbonyl (C=O) groups is 1. The summed E-state index contributed by atoms with van der Waals surface area (Å²) in [5.41, 5.74) is 0. The lowest BCUT2D eigenvalue weighted by Gasteiger charge is -2.26. The zero-order valence-electron chi connectivity index (χ0n) is 12.4. The van der Waals surface area contributed by atoms with Crippen LogP contribution in [0.25, 0.3) is 0 Å². The van der Waals surface area contributed by atoms with Gasteiger partial charge in [-0.3, -0.25) is 4.79 Å². The summed E-state index contributed by atoms with van der Waals surface area (Å²) < 4.78 is 5.90. The summed E-state index contributed by atoms with van der Waals surface area (Å²) in [6.07, 6.45) is 7.61. The fraction of sp³-hybridized carbons (Fsp3) is 0.933. The molecule has 112 valence electrons. The Hall–Kier alpha value is -0.610. The van der Waals surface area contributed by atoms with E-state index >= 15 is 0 Å². The molecular weight excluding hydrogens is 242 g/mol. The second kappa shape index (κ2) is 9.32. The van der Waals surface area contributed by atoms with Gasteiger partial charge in [0.25, 0.3) is 0 Å². The molecule has 0 heterocycles. The van der Waals surface area contributed by atoms with E-state index in [1.165, 1.54) is 19.3 Å². The number of nitrogens with one attached hydrogen (secondary N) is 1. The minimum Gasteiger partial charge on any atom is -0.391 e. The van der Waals surface area contributed by atoms with E-state index < -0.39 is 6.10 Å². The summed E-state index contributed by atoms with van der Waals surface area (Å²) in [7, 11) is 0.